The van der Waals surface area contributed by atoms with Crippen LogP contribution in [0.5, 0.6) is 0 Å². The molecule has 1 aliphatic rings. The second kappa shape index (κ2) is 2.34. The Balaban J connectivity index is 2.12. The summed E-state index contributed by atoms with van der Waals surface area (Å²) in [7, 11) is 0. The molecule has 2 heterocycles. The van der Waals surface area contributed by atoms with E-state index in [2.05, 4.69) is 25.9 Å². The fourth-order valence-corrected chi connectivity index (χ4v) is 1.22. The first-order chi connectivity index (χ1) is 4.97. The van der Waals surface area contributed by atoms with E-state index >= 15 is 0 Å². The minimum Gasteiger partial charge on any atom is -0.307 e. The molecule has 5 nitrogen and oxygen atoms in total. The molecule has 2 N–H and O–H groups in total. The largest absolute Gasteiger partial charge is 0.307 e. The average molecular weight is 139 g/mol. The first kappa shape index (κ1) is 5.79. The number of rotatable bonds is 1. The quantitative estimate of drug-likeness (QED) is 0.556. The van der Waals surface area contributed by atoms with Gasteiger partial charge in [0.15, 0.2) is 5.82 Å². The molecule has 1 saturated heterocycles. The Morgan fingerprint density at radius 2 is 2.50 bits per heavy atom. The Kier molecular flexibility index (Phi) is 1.35. The Morgan fingerprint density at radius 3 is 3.10 bits per heavy atom. The van der Waals surface area contributed by atoms with Crippen molar-refractivity contribution in [2.24, 2.45) is 0 Å². The number of aromatic nitrogens is 4. The second-order valence-corrected chi connectivity index (χ2v) is 2.42. The minimum absolute atomic E-state index is 0.332. The van der Waals surface area contributed by atoms with Crippen molar-refractivity contribution in [3.8, 4) is 0 Å². The van der Waals surface area contributed by atoms with Crippen LogP contribution in [0.25, 0.3) is 0 Å². The van der Waals surface area contributed by atoms with E-state index < -0.39 is 0 Å². The van der Waals surface area contributed by atoms with Gasteiger partial charge in [0, 0.05) is 0 Å². The van der Waals surface area contributed by atoms with Crippen LogP contribution in [0.2, 0.25) is 0 Å². The van der Waals surface area contributed by atoms with Crippen LogP contribution in [0.4, 0.5) is 0 Å². The Bertz CT molecular complexity index is 188. The van der Waals surface area contributed by atoms with E-state index in [9.17, 15) is 0 Å². The van der Waals surface area contributed by atoms with Crippen LogP contribution in [0.1, 0.15) is 24.7 Å². The van der Waals surface area contributed by atoms with Gasteiger partial charge in [0.25, 0.3) is 0 Å². The molecule has 1 aromatic heterocycles. The molecule has 1 fully saturated rings. The minimum atomic E-state index is 0.332. The van der Waals surface area contributed by atoms with Gasteiger partial charge >= 0.3 is 0 Å². The first-order valence-corrected chi connectivity index (χ1v) is 3.43. The highest BCUT2D eigenvalue weighted by Gasteiger charge is 2.19. The molecular formula is C5H9N5. The van der Waals surface area contributed by atoms with Crippen molar-refractivity contribution >= 4 is 0 Å². The summed E-state index contributed by atoms with van der Waals surface area (Å²) in [6.07, 6.45) is 2.33. The highest BCUT2D eigenvalue weighted by Crippen LogP contribution is 2.17. The number of hydrogen-bond acceptors (Lipinski definition) is 4. The lowest BCUT2D eigenvalue weighted by atomic mass is 10.2. The summed E-state index contributed by atoms with van der Waals surface area (Å²) in [5, 5.41) is 17.0. The van der Waals surface area contributed by atoms with Crippen molar-refractivity contribution < 1.29 is 0 Å². The zero-order valence-corrected chi connectivity index (χ0v) is 5.54. The van der Waals surface area contributed by atoms with Gasteiger partial charge < -0.3 is 5.32 Å². The molecule has 0 amide bonds. The molecular weight excluding hydrogens is 130 g/mol. The van der Waals surface area contributed by atoms with Crippen molar-refractivity contribution in [3.63, 3.8) is 0 Å². The van der Waals surface area contributed by atoms with Crippen molar-refractivity contribution in [1.82, 2.24) is 25.9 Å². The third-order valence-corrected chi connectivity index (χ3v) is 1.73. The summed E-state index contributed by atoms with van der Waals surface area (Å²) in [6, 6.07) is 0.332. The predicted molar refractivity (Wildman–Crippen MR) is 34.2 cm³/mol. The van der Waals surface area contributed by atoms with E-state index in [0.717, 1.165) is 18.8 Å². The topological polar surface area (TPSA) is 66.5 Å². The molecule has 10 heavy (non-hydrogen) atoms. The number of nitrogens with one attached hydrogen (secondary N) is 2. The summed E-state index contributed by atoms with van der Waals surface area (Å²) in [5.41, 5.74) is 0. The Morgan fingerprint density at radius 1 is 1.50 bits per heavy atom. The summed E-state index contributed by atoms with van der Waals surface area (Å²) in [6.45, 7) is 1.07. The maximum Gasteiger partial charge on any atom is 0.191 e. The van der Waals surface area contributed by atoms with Crippen LogP contribution in [-0.4, -0.2) is 27.2 Å². The van der Waals surface area contributed by atoms with Crippen LogP contribution in [0.15, 0.2) is 0 Å². The third kappa shape index (κ3) is 0.881. The number of H-pyrrole nitrogens is 1. The maximum atomic E-state index is 3.89. The van der Waals surface area contributed by atoms with Gasteiger partial charge in [0.2, 0.25) is 0 Å². The zero-order chi connectivity index (χ0) is 6.81. The van der Waals surface area contributed by atoms with E-state index in [1.54, 1.807) is 0 Å². The summed E-state index contributed by atoms with van der Waals surface area (Å²) < 4.78 is 0. The molecule has 2 rings (SSSR count). The van der Waals surface area contributed by atoms with Gasteiger partial charge in [0.1, 0.15) is 0 Å². The normalized spacial score (nSPS) is 25.4. The van der Waals surface area contributed by atoms with Crippen LogP contribution in [-0.2, 0) is 0 Å². The molecule has 0 radical (unpaired) electrons. The van der Waals surface area contributed by atoms with Crippen LogP contribution in [0.3, 0.4) is 0 Å². The zero-order valence-electron chi connectivity index (χ0n) is 5.54. The van der Waals surface area contributed by atoms with E-state index in [4.69, 9.17) is 0 Å². The first-order valence-electron chi connectivity index (χ1n) is 3.43. The van der Waals surface area contributed by atoms with Crippen LogP contribution >= 0.6 is 0 Å². The molecule has 1 atom stereocenters. The Labute approximate surface area is 58.2 Å². The lowest BCUT2D eigenvalue weighted by Crippen LogP contribution is -2.14. The van der Waals surface area contributed by atoms with E-state index in [1.807, 2.05) is 0 Å². The molecule has 0 aromatic carbocycles. The van der Waals surface area contributed by atoms with E-state index in [-0.39, 0.29) is 0 Å². The summed E-state index contributed by atoms with van der Waals surface area (Å²) in [5.74, 6) is 0.789. The number of nitrogens with zero attached hydrogens (tertiary/aromatic N) is 3. The Hall–Kier alpha value is -0.970. The third-order valence-electron chi connectivity index (χ3n) is 1.73. The molecule has 54 valence electrons. The molecule has 0 saturated carbocycles. The number of tetrazole rings is 1. The van der Waals surface area contributed by atoms with Gasteiger partial charge in [-0.05, 0) is 19.4 Å². The maximum absolute atomic E-state index is 3.89. The predicted octanol–water partition coefficient (Wildman–Crippen LogP) is -0.376. The summed E-state index contributed by atoms with van der Waals surface area (Å²) in [4.78, 5) is 0. The van der Waals surface area contributed by atoms with Crippen molar-refractivity contribution in [2.45, 2.75) is 18.9 Å². The molecule has 0 spiro atoms. The van der Waals surface area contributed by atoms with Gasteiger partial charge in [-0.2, -0.15) is 5.21 Å². The number of aromatic amines is 1. The smallest absolute Gasteiger partial charge is 0.191 e. The summed E-state index contributed by atoms with van der Waals surface area (Å²) >= 11 is 0. The standard InChI is InChI=1S/C5H9N5/c1-2-4(6-3-1)5-7-9-10-8-5/h4,6H,1-3H2,(H,7,8,9,10)/t4-/m0/s1. The highest BCUT2D eigenvalue weighted by molar-refractivity contribution is 4.91. The number of hydrogen-bond donors (Lipinski definition) is 2. The van der Waals surface area contributed by atoms with Crippen molar-refractivity contribution in [1.29, 1.82) is 0 Å². The molecule has 1 aromatic rings. The average Bonchev–Trinajstić information content (AvgIpc) is 2.59. The van der Waals surface area contributed by atoms with Crippen molar-refractivity contribution in [2.75, 3.05) is 6.54 Å². The molecule has 0 unspecified atom stereocenters. The molecule has 5 heteroatoms. The van der Waals surface area contributed by atoms with Gasteiger partial charge in [-0.15, -0.1) is 10.2 Å². The van der Waals surface area contributed by atoms with Gasteiger partial charge in [-0.25, -0.2) is 0 Å². The second-order valence-electron chi connectivity index (χ2n) is 2.42. The molecule has 0 bridgehead atoms. The van der Waals surface area contributed by atoms with E-state index in [0.29, 0.717) is 6.04 Å². The lowest BCUT2D eigenvalue weighted by molar-refractivity contribution is 0.606. The van der Waals surface area contributed by atoms with Crippen LogP contribution < -0.4 is 5.32 Å². The fraction of sp³-hybridized carbons (Fsp3) is 0.800. The molecule has 1 aliphatic heterocycles. The SMILES string of the molecule is C1CN[C@H](c2nn[nH]n2)C1. The van der Waals surface area contributed by atoms with E-state index in [1.165, 1.54) is 6.42 Å². The van der Waals surface area contributed by atoms with Gasteiger partial charge in [0.05, 0.1) is 6.04 Å². The highest BCUT2D eigenvalue weighted by atomic mass is 15.5. The monoisotopic (exact) mass is 139 g/mol. The van der Waals surface area contributed by atoms with Gasteiger partial charge in [-0.1, -0.05) is 5.21 Å². The molecule has 0 aliphatic carbocycles. The van der Waals surface area contributed by atoms with Gasteiger partial charge in [-0.3, -0.25) is 0 Å². The fourth-order valence-electron chi connectivity index (χ4n) is 1.22. The van der Waals surface area contributed by atoms with Crippen molar-refractivity contribution in [3.05, 3.63) is 5.82 Å². The lowest BCUT2D eigenvalue weighted by Gasteiger charge is -2.00. The van der Waals surface area contributed by atoms with Crippen LogP contribution in [0, 0.1) is 0 Å².